The smallest absolute Gasteiger partial charge is 0.224 e. The number of aryl methyl sites for hydroxylation is 2. The van der Waals surface area contributed by atoms with Crippen molar-refractivity contribution in [1.82, 2.24) is 0 Å². The molecule has 0 spiro atoms. The fourth-order valence-electron chi connectivity index (χ4n) is 2.45. The number of carbonyl (C=O) groups is 2. The van der Waals surface area contributed by atoms with Crippen molar-refractivity contribution in [3.05, 3.63) is 53.0 Å². The maximum Gasteiger partial charge on any atom is 0.224 e. The average Bonchev–Trinajstić information content (AvgIpc) is 2.77. The monoisotopic (exact) mass is 269 g/mol. The van der Waals surface area contributed by atoms with Gasteiger partial charge >= 0.3 is 0 Å². The van der Waals surface area contributed by atoms with E-state index < -0.39 is 0 Å². The Morgan fingerprint density at radius 1 is 1.20 bits per heavy atom. The molecular formula is C16H15NO3. The summed E-state index contributed by atoms with van der Waals surface area (Å²) in [5, 5.41) is 2.86. The van der Waals surface area contributed by atoms with Gasteiger partial charge in [-0.2, -0.15) is 0 Å². The quantitative estimate of drug-likeness (QED) is 0.852. The van der Waals surface area contributed by atoms with Crippen molar-refractivity contribution in [3.8, 4) is 0 Å². The third-order valence-corrected chi connectivity index (χ3v) is 3.48. The van der Waals surface area contributed by atoms with Gasteiger partial charge < -0.3 is 9.73 Å². The van der Waals surface area contributed by atoms with Gasteiger partial charge in [-0.05, 0) is 49.6 Å². The normalized spacial score (nSPS) is 14.3. The third kappa shape index (κ3) is 2.37. The van der Waals surface area contributed by atoms with E-state index in [0.29, 0.717) is 17.5 Å². The Bertz CT molecular complexity index is 685. The molecule has 1 aromatic carbocycles. The summed E-state index contributed by atoms with van der Waals surface area (Å²) in [5.41, 5.74) is 3.01. The van der Waals surface area contributed by atoms with E-state index in [1.807, 2.05) is 13.0 Å². The summed E-state index contributed by atoms with van der Waals surface area (Å²) in [4.78, 5) is 23.8. The van der Waals surface area contributed by atoms with Gasteiger partial charge in [0.2, 0.25) is 5.91 Å². The lowest BCUT2D eigenvalue weighted by Crippen LogP contribution is -2.09. The van der Waals surface area contributed by atoms with Crippen molar-refractivity contribution in [1.29, 1.82) is 0 Å². The van der Waals surface area contributed by atoms with Gasteiger partial charge in [0, 0.05) is 17.7 Å². The van der Waals surface area contributed by atoms with Crippen molar-refractivity contribution in [2.24, 2.45) is 0 Å². The number of anilines is 1. The van der Waals surface area contributed by atoms with Gasteiger partial charge in [-0.3, -0.25) is 9.59 Å². The molecule has 1 aliphatic rings. The van der Waals surface area contributed by atoms with Crippen LogP contribution < -0.4 is 5.32 Å². The second-order valence-electron chi connectivity index (χ2n) is 5.05. The molecule has 2 heterocycles. The molecule has 3 rings (SSSR count). The fourth-order valence-corrected chi connectivity index (χ4v) is 2.45. The summed E-state index contributed by atoms with van der Waals surface area (Å²) in [5.74, 6) is 0.698. The van der Waals surface area contributed by atoms with E-state index in [2.05, 4.69) is 5.32 Å². The van der Waals surface area contributed by atoms with E-state index in [1.165, 1.54) is 6.26 Å². The van der Waals surface area contributed by atoms with Crippen LogP contribution in [0.4, 0.5) is 5.69 Å². The molecule has 102 valence electrons. The van der Waals surface area contributed by atoms with Crippen LogP contribution in [0.25, 0.3) is 0 Å². The summed E-state index contributed by atoms with van der Waals surface area (Å²) in [6, 6.07) is 7.15. The molecule has 0 bridgehead atoms. The lowest BCUT2D eigenvalue weighted by molar-refractivity contribution is -0.116. The highest BCUT2D eigenvalue weighted by atomic mass is 16.3. The van der Waals surface area contributed by atoms with Crippen LogP contribution in [0, 0.1) is 6.92 Å². The fraction of sp³-hybridized carbons (Fsp3) is 0.250. The van der Waals surface area contributed by atoms with Crippen LogP contribution in [-0.2, 0) is 11.2 Å². The highest BCUT2D eigenvalue weighted by Crippen LogP contribution is 2.24. The summed E-state index contributed by atoms with van der Waals surface area (Å²) in [6.45, 7) is 1.81. The Morgan fingerprint density at radius 2 is 2.05 bits per heavy atom. The number of fused-ring (bicyclic) bond motifs is 1. The topological polar surface area (TPSA) is 59.3 Å². The van der Waals surface area contributed by atoms with Gasteiger partial charge in [-0.25, -0.2) is 0 Å². The van der Waals surface area contributed by atoms with E-state index in [4.69, 9.17) is 4.42 Å². The SMILES string of the molecule is Cc1cc(C(=O)c2ccc3c(c2)CCCC(=O)N3)co1. The maximum absolute atomic E-state index is 12.3. The van der Waals surface area contributed by atoms with Crippen molar-refractivity contribution < 1.29 is 14.0 Å². The summed E-state index contributed by atoms with van der Waals surface area (Å²) < 4.78 is 5.18. The number of nitrogens with one attached hydrogen (secondary N) is 1. The highest BCUT2D eigenvalue weighted by Gasteiger charge is 2.16. The van der Waals surface area contributed by atoms with Crippen LogP contribution in [0.3, 0.4) is 0 Å². The molecule has 1 aliphatic heterocycles. The van der Waals surface area contributed by atoms with Crippen molar-refractivity contribution in [3.63, 3.8) is 0 Å². The first kappa shape index (κ1) is 12.7. The van der Waals surface area contributed by atoms with Crippen LogP contribution in [0.2, 0.25) is 0 Å². The van der Waals surface area contributed by atoms with Gasteiger partial charge in [0.1, 0.15) is 12.0 Å². The first-order valence-electron chi connectivity index (χ1n) is 6.66. The molecule has 1 N–H and O–H groups in total. The summed E-state index contributed by atoms with van der Waals surface area (Å²) in [7, 11) is 0. The van der Waals surface area contributed by atoms with E-state index in [0.717, 1.165) is 29.9 Å². The zero-order valence-electron chi connectivity index (χ0n) is 11.2. The highest BCUT2D eigenvalue weighted by molar-refractivity contribution is 6.09. The van der Waals surface area contributed by atoms with Crippen molar-refractivity contribution in [2.75, 3.05) is 5.32 Å². The van der Waals surface area contributed by atoms with Crippen LogP contribution in [-0.4, -0.2) is 11.7 Å². The molecule has 0 fully saturated rings. The average molecular weight is 269 g/mol. The predicted molar refractivity (Wildman–Crippen MR) is 74.9 cm³/mol. The minimum Gasteiger partial charge on any atom is -0.469 e. The molecule has 0 saturated heterocycles. The molecule has 2 aromatic rings. The molecule has 4 heteroatoms. The molecule has 1 amide bonds. The molecule has 20 heavy (non-hydrogen) atoms. The third-order valence-electron chi connectivity index (χ3n) is 3.48. The van der Waals surface area contributed by atoms with Gasteiger partial charge in [0.15, 0.2) is 5.78 Å². The number of rotatable bonds is 2. The summed E-state index contributed by atoms with van der Waals surface area (Å²) >= 11 is 0. The first-order valence-corrected chi connectivity index (χ1v) is 6.66. The number of benzene rings is 1. The lowest BCUT2D eigenvalue weighted by Gasteiger charge is -2.08. The van der Waals surface area contributed by atoms with Gasteiger partial charge in [0.05, 0.1) is 5.56 Å². The number of carbonyl (C=O) groups excluding carboxylic acids is 2. The number of amides is 1. The Kier molecular flexibility index (Phi) is 3.14. The van der Waals surface area contributed by atoms with Crippen molar-refractivity contribution >= 4 is 17.4 Å². The zero-order valence-corrected chi connectivity index (χ0v) is 11.2. The summed E-state index contributed by atoms with van der Waals surface area (Å²) in [6.07, 6.45) is 3.62. The van der Waals surface area contributed by atoms with E-state index >= 15 is 0 Å². The molecular weight excluding hydrogens is 254 g/mol. The maximum atomic E-state index is 12.3. The Morgan fingerprint density at radius 3 is 2.80 bits per heavy atom. The molecule has 0 aliphatic carbocycles. The van der Waals surface area contributed by atoms with Crippen LogP contribution in [0.1, 0.15) is 40.1 Å². The molecule has 0 unspecified atom stereocenters. The molecule has 1 aromatic heterocycles. The van der Waals surface area contributed by atoms with E-state index in [9.17, 15) is 9.59 Å². The van der Waals surface area contributed by atoms with Gasteiger partial charge in [-0.1, -0.05) is 0 Å². The molecule has 0 saturated carbocycles. The molecule has 0 atom stereocenters. The zero-order chi connectivity index (χ0) is 14.1. The van der Waals surface area contributed by atoms with E-state index in [1.54, 1.807) is 18.2 Å². The van der Waals surface area contributed by atoms with Gasteiger partial charge in [0.25, 0.3) is 0 Å². The largest absolute Gasteiger partial charge is 0.469 e. The number of ketones is 1. The second kappa shape index (κ2) is 4.96. The molecule has 4 nitrogen and oxygen atoms in total. The van der Waals surface area contributed by atoms with Crippen LogP contribution in [0.5, 0.6) is 0 Å². The number of furan rings is 1. The minimum atomic E-state index is -0.0553. The predicted octanol–water partition coefficient (Wildman–Crippen LogP) is 3.09. The second-order valence-corrected chi connectivity index (χ2v) is 5.05. The van der Waals surface area contributed by atoms with Crippen LogP contribution in [0.15, 0.2) is 34.9 Å². The standard InChI is InChI=1S/C16H15NO3/c1-10-7-13(9-20-10)16(19)12-5-6-14-11(8-12)3-2-4-15(18)17-14/h5-9H,2-4H2,1H3,(H,17,18). The first-order chi connectivity index (χ1) is 9.63. The number of hydrogen-bond donors (Lipinski definition) is 1. The van der Waals surface area contributed by atoms with Gasteiger partial charge in [-0.15, -0.1) is 0 Å². The van der Waals surface area contributed by atoms with Crippen LogP contribution >= 0.6 is 0 Å². The minimum absolute atomic E-state index is 0.0354. The Labute approximate surface area is 116 Å². The Hall–Kier alpha value is -2.36. The van der Waals surface area contributed by atoms with Crippen molar-refractivity contribution in [2.45, 2.75) is 26.2 Å². The lowest BCUT2D eigenvalue weighted by atomic mass is 10.00. The molecule has 0 radical (unpaired) electrons. The van der Waals surface area contributed by atoms with E-state index in [-0.39, 0.29) is 11.7 Å². The Balaban J connectivity index is 1.94. The number of hydrogen-bond acceptors (Lipinski definition) is 3.